The lowest BCUT2D eigenvalue weighted by atomic mass is 10.1. The van der Waals surface area contributed by atoms with E-state index in [-0.39, 0.29) is 0 Å². The molecule has 0 aromatic heterocycles. The van der Waals surface area contributed by atoms with Gasteiger partial charge in [-0.2, -0.15) is 0 Å². The largest absolute Gasteiger partial charge is 0.325 e. The summed E-state index contributed by atoms with van der Waals surface area (Å²) < 4.78 is 0. The lowest BCUT2D eigenvalue weighted by Crippen LogP contribution is -2.46. The van der Waals surface area contributed by atoms with Crippen molar-refractivity contribution >= 4 is 35.1 Å². The minimum Gasteiger partial charge on any atom is -0.324 e. The molecule has 7 heteroatoms. The Morgan fingerprint density at radius 2 is 1.85 bits per heavy atom. The van der Waals surface area contributed by atoms with Crippen molar-refractivity contribution < 1.29 is 14.4 Å². The first-order chi connectivity index (χ1) is 12.4. The SMILES string of the molecule is Cc1c(Cl)cccc1NC(=O)C(C)N1C(=O)NC(c2ccccc2)C1=O. The average molecular weight is 372 g/mol. The van der Waals surface area contributed by atoms with Crippen molar-refractivity contribution in [1.29, 1.82) is 0 Å². The van der Waals surface area contributed by atoms with Crippen LogP contribution in [0.25, 0.3) is 0 Å². The molecule has 0 spiro atoms. The molecule has 2 unspecified atom stereocenters. The summed E-state index contributed by atoms with van der Waals surface area (Å²) >= 11 is 6.06. The molecule has 0 bridgehead atoms. The van der Waals surface area contributed by atoms with Gasteiger partial charge in [-0.3, -0.25) is 9.59 Å². The molecular weight excluding hydrogens is 354 g/mol. The summed E-state index contributed by atoms with van der Waals surface area (Å²) in [6.45, 7) is 3.29. The molecule has 2 N–H and O–H groups in total. The van der Waals surface area contributed by atoms with Gasteiger partial charge >= 0.3 is 6.03 Å². The van der Waals surface area contributed by atoms with E-state index in [2.05, 4.69) is 10.6 Å². The number of urea groups is 1. The third-order valence-corrected chi connectivity index (χ3v) is 4.81. The number of nitrogens with one attached hydrogen (secondary N) is 2. The lowest BCUT2D eigenvalue weighted by molar-refractivity contribution is -0.133. The van der Waals surface area contributed by atoms with E-state index in [1.54, 1.807) is 49.4 Å². The second kappa shape index (κ2) is 7.17. The zero-order valence-corrected chi connectivity index (χ0v) is 15.1. The summed E-state index contributed by atoms with van der Waals surface area (Å²) in [7, 11) is 0. The van der Waals surface area contributed by atoms with Crippen molar-refractivity contribution in [3.63, 3.8) is 0 Å². The van der Waals surface area contributed by atoms with E-state index in [0.717, 1.165) is 4.90 Å². The quantitative estimate of drug-likeness (QED) is 0.809. The average Bonchev–Trinajstić information content (AvgIpc) is 2.93. The van der Waals surface area contributed by atoms with Gasteiger partial charge in [0.2, 0.25) is 5.91 Å². The molecule has 0 aliphatic carbocycles. The van der Waals surface area contributed by atoms with Crippen molar-refractivity contribution in [3.05, 3.63) is 64.7 Å². The summed E-state index contributed by atoms with van der Waals surface area (Å²) in [4.78, 5) is 38.5. The highest BCUT2D eigenvalue weighted by molar-refractivity contribution is 6.31. The maximum absolute atomic E-state index is 12.7. The van der Waals surface area contributed by atoms with Gasteiger partial charge < -0.3 is 10.6 Å². The van der Waals surface area contributed by atoms with E-state index in [0.29, 0.717) is 21.8 Å². The molecule has 2 aromatic carbocycles. The molecule has 1 saturated heterocycles. The van der Waals surface area contributed by atoms with E-state index in [4.69, 9.17) is 11.6 Å². The number of benzene rings is 2. The van der Waals surface area contributed by atoms with Crippen molar-refractivity contribution in [2.45, 2.75) is 25.9 Å². The van der Waals surface area contributed by atoms with Crippen molar-refractivity contribution in [2.75, 3.05) is 5.32 Å². The highest BCUT2D eigenvalue weighted by Crippen LogP contribution is 2.26. The Labute approximate surface area is 156 Å². The number of carbonyl (C=O) groups excluding carboxylic acids is 3. The molecular formula is C19H18ClN3O3. The molecule has 2 atom stereocenters. The summed E-state index contributed by atoms with van der Waals surface area (Å²) in [6, 6.07) is 11.7. The summed E-state index contributed by atoms with van der Waals surface area (Å²) in [5, 5.41) is 5.88. The van der Waals surface area contributed by atoms with Gasteiger partial charge in [0, 0.05) is 10.7 Å². The zero-order valence-electron chi connectivity index (χ0n) is 14.3. The third-order valence-electron chi connectivity index (χ3n) is 4.40. The number of hydrogen-bond acceptors (Lipinski definition) is 3. The van der Waals surface area contributed by atoms with Crippen LogP contribution in [0.5, 0.6) is 0 Å². The molecule has 1 heterocycles. The van der Waals surface area contributed by atoms with Crippen molar-refractivity contribution in [1.82, 2.24) is 10.2 Å². The number of halogens is 1. The normalized spacial score (nSPS) is 17.8. The minimum absolute atomic E-state index is 0.452. The molecule has 1 aliphatic rings. The summed E-state index contributed by atoms with van der Waals surface area (Å²) in [5.74, 6) is -0.917. The van der Waals surface area contributed by atoms with Gasteiger partial charge in [-0.15, -0.1) is 0 Å². The topological polar surface area (TPSA) is 78.5 Å². The maximum atomic E-state index is 12.7. The second-order valence-corrected chi connectivity index (χ2v) is 6.49. The van der Waals surface area contributed by atoms with Gasteiger partial charge in [-0.25, -0.2) is 9.69 Å². The Morgan fingerprint density at radius 1 is 1.15 bits per heavy atom. The molecule has 1 aliphatic heterocycles. The molecule has 2 aromatic rings. The van der Waals surface area contributed by atoms with E-state index >= 15 is 0 Å². The number of carbonyl (C=O) groups is 3. The molecule has 1 fully saturated rings. The Kier molecular flexibility index (Phi) is 4.95. The summed E-state index contributed by atoms with van der Waals surface area (Å²) in [6.07, 6.45) is 0. The Hall–Kier alpha value is -2.86. The van der Waals surface area contributed by atoms with Gasteiger partial charge in [0.25, 0.3) is 5.91 Å². The number of nitrogens with zero attached hydrogens (tertiary/aromatic N) is 1. The van der Waals surface area contributed by atoms with Crippen LogP contribution in [0.4, 0.5) is 10.5 Å². The molecule has 26 heavy (non-hydrogen) atoms. The van der Waals surface area contributed by atoms with Crippen LogP contribution in [0, 0.1) is 6.92 Å². The first-order valence-corrected chi connectivity index (χ1v) is 8.52. The smallest absolute Gasteiger partial charge is 0.324 e. The minimum atomic E-state index is -0.963. The van der Waals surface area contributed by atoms with Crippen LogP contribution in [-0.2, 0) is 9.59 Å². The number of amides is 4. The highest BCUT2D eigenvalue weighted by atomic mass is 35.5. The summed E-state index contributed by atoms with van der Waals surface area (Å²) in [5.41, 5.74) is 1.93. The number of anilines is 1. The molecule has 0 radical (unpaired) electrons. The van der Waals surface area contributed by atoms with Crippen LogP contribution in [0.15, 0.2) is 48.5 Å². The molecule has 134 valence electrons. The van der Waals surface area contributed by atoms with E-state index < -0.39 is 29.9 Å². The monoisotopic (exact) mass is 371 g/mol. The highest BCUT2D eigenvalue weighted by Gasteiger charge is 2.43. The van der Waals surface area contributed by atoms with Gasteiger partial charge in [-0.1, -0.05) is 48.0 Å². The van der Waals surface area contributed by atoms with Crippen LogP contribution in [-0.4, -0.2) is 28.8 Å². The standard InChI is InChI=1S/C19H18ClN3O3/c1-11-14(20)9-6-10-15(11)21-17(24)12(2)23-18(25)16(22-19(23)26)13-7-4-3-5-8-13/h3-10,12,16H,1-2H3,(H,21,24)(H,22,26). The zero-order chi connectivity index (χ0) is 18.8. The fourth-order valence-corrected chi connectivity index (χ4v) is 3.00. The van der Waals surface area contributed by atoms with Crippen LogP contribution in [0.2, 0.25) is 5.02 Å². The van der Waals surface area contributed by atoms with Crippen LogP contribution >= 0.6 is 11.6 Å². The van der Waals surface area contributed by atoms with Crippen molar-refractivity contribution in [3.8, 4) is 0 Å². The second-order valence-electron chi connectivity index (χ2n) is 6.08. The van der Waals surface area contributed by atoms with Crippen LogP contribution in [0.1, 0.15) is 24.1 Å². The van der Waals surface area contributed by atoms with Crippen LogP contribution in [0.3, 0.4) is 0 Å². The first-order valence-electron chi connectivity index (χ1n) is 8.14. The lowest BCUT2D eigenvalue weighted by Gasteiger charge is -2.21. The number of rotatable bonds is 4. The Bertz CT molecular complexity index is 870. The van der Waals surface area contributed by atoms with Gasteiger partial charge in [0.1, 0.15) is 12.1 Å². The molecule has 3 rings (SSSR count). The predicted molar refractivity (Wildman–Crippen MR) is 98.8 cm³/mol. The van der Waals surface area contributed by atoms with Crippen LogP contribution < -0.4 is 10.6 Å². The number of hydrogen-bond donors (Lipinski definition) is 2. The van der Waals surface area contributed by atoms with Gasteiger partial charge in [0.05, 0.1) is 0 Å². The van der Waals surface area contributed by atoms with E-state index in [1.807, 2.05) is 6.07 Å². The Balaban J connectivity index is 1.77. The maximum Gasteiger partial charge on any atom is 0.325 e. The predicted octanol–water partition coefficient (Wildman–Crippen LogP) is 3.27. The fourth-order valence-electron chi connectivity index (χ4n) is 2.83. The van der Waals surface area contributed by atoms with E-state index in [9.17, 15) is 14.4 Å². The fraction of sp³-hybridized carbons (Fsp3) is 0.211. The van der Waals surface area contributed by atoms with Gasteiger partial charge in [0.15, 0.2) is 0 Å². The Morgan fingerprint density at radius 3 is 2.54 bits per heavy atom. The third kappa shape index (κ3) is 3.28. The van der Waals surface area contributed by atoms with E-state index in [1.165, 1.54) is 6.92 Å². The molecule has 6 nitrogen and oxygen atoms in total. The molecule has 0 saturated carbocycles. The first kappa shape index (κ1) is 17.9. The van der Waals surface area contributed by atoms with Crippen molar-refractivity contribution in [2.24, 2.45) is 0 Å². The molecule has 4 amide bonds. The number of imide groups is 1. The van der Waals surface area contributed by atoms with Gasteiger partial charge in [-0.05, 0) is 37.1 Å².